The molecule has 158 valence electrons. The molecule has 0 aliphatic rings. The summed E-state index contributed by atoms with van der Waals surface area (Å²) in [6.07, 6.45) is 0. The van der Waals surface area contributed by atoms with Gasteiger partial charge in [0.05, 0.1) is 17.0 Å². The molecule has 0 bridgehead atoms. The van der Waals surface area contributed by atoms with Crippen molar-refractivity contribution in [1.82, 2.24) is 19.6 Å². The summed E-state index contributed by atoms with van der Waals surface area (Å²) in [5.41, 5.74) is 2.36. The molecule has 0 spiro atoms. The Bertz CT molecular complexity index is 1460. The topological polar surface area (TPSA) is 72.2 Å². The van der Waals surface area contributed by atoms with Crippen LogP contribution in [-0.2, 0) is 4.79 Å². The molecular formula is C23H15ClFN5OS. The Hall–Kier alpha value is -3.49. The third-order valence-electron chi connectivity index (χ3n) is 4.72. The van der Waals surface area contributed by atoms with Crippen LogP contribution in [0.5, 0.6) is 0 Å². The summed E-state index contributed by atoms with van der Waals surface area (Å²) in [6, 6.07) is 21.4. The monoisotopic (exact) mass is 463 g/mol. The third-order valence-corrected chi connectivity index (χ3v) is 5.88. The van der Waals surface area contributed by atoms with E-state index in [-0.39, 0.29) is 22.4 Å². The zero-order valence-corrected chi connectivity index (χ0v) is 18.1. The smallest absolute Gasteiger partial charge is 0.234 e. The summed E-state index contributed by atoms with van der Waals surface area (Å²) < 4.78 is 15.6. The maximum absolute atomic E-state index is 14.0. The summed E-state index contributed by atoms with van der Waals surface area (Å²) >= 11 is 6.96. The molecule has 0 unspecified atom stereocenters. The van der Waals surface area contributed by atoms with Gasteiger partial charge in [-0.1, -0.05) is 65.8 Å². The summed E-state index contributed by atoms with van der Waals surface area (Å²) in [5, 5.41) is 8.83. The van der Waals surface area contributed by atoms with Gasteiger partial charge in [-0.05, 0) is 30.3 Å². The van der Waals surface area contributed by atoms with Crippen LogP contribution in [0.15, 0.2) is 78.0 Å². The van der Waals surface area contributed by atoms with Gasteiger partial charge in [-0.2, -0.15) is 4.52 Å². The Kier molecular flexibility index (Phi) is 5.46. The molecule has 0 radical (unpaired) electrons. The van der Waals surface area contributed by atoms with Crippen molar-refractivity contribution in [1.29, 1.82) is 0 Å². The SMILES string of the molecule is O=C(CSc1nc2ccccc2c2nc(-c3ccccc3)nn12)Nc1ccc(Cl)cc1F. The number of thioether (sulfide) groups is 1. The Morgan fingerprint density at radius 1 is 1.03 bits per heavy atom. The molecule has 0 aliphatic heterocycles. The van der Waals surface area contributed by atoms with Gasteiger partial charge in [-0.25, -0.2) is 14.4 Å². The first-order valence-corrected chi connectivity index (χ1v) is 11.0. The summed E-state index contributed by atoms with van der Waals surface area (Å²) in [7, 11) is 0. The van der Waals surface area contributed by atoms with Gasteiger partial charge in [0.1, 0.15) is 5.82 Å². The number of rotatable bonds is 5. The molecule has 0 saturated carbocycles. The molecule has 5 aromatic rings. The average molecular weight is 464 g/mol. The molecule has 2 aromatic heterocycles. The largest absolute Gasteiger partial charge is 0.323 e. The van der Waals surface area contributed by atoms with Crippen molar-refractivity contribution in [2.75, 3.05) is 11.1 Å². The predicted octanol–water partition coefficient (Wildman–Crippen LogP) is 5.47. The van der Waals surface area contributed by atoms with Gasteiger partial charge < -0.3 is 5.32 Å². The van der Waals surface area contributed by atoms with Gasteiger partial charge in [0, 0.05) is 16.0 Å². The van der Waals surface area contributed by atoms with Crippen LogP contribution in [-0.4, -0.2) is 31.2 Å². The van der Waals surface area contributed by atoms with E-state index >= 15 is 0 Å². The van der Waals surface area contributed by atoms with Crippen LogP contribution >= 0.6 is 23.4 Å². The molecular weight excluding hydrogens is 449 g/mol. The number of carbonyl (C=O) groups excluding carboxylic acids is 1. The predicted molar refractivity (Wildman–Crippen MR) is 124 cm³/mol. The number of nitrogens with zero attached hydrogens (tertiary/aromatic N) is 4. The van der Waals surface area contributed by atoms with Crippen molar-refractivity contribution in [2.45, 2.75) is 5.16 Å². The number of aromatic nitrogens is 4. The van der Waals surface area contributed by atoms with Crippen molar-refractivity contribution < 1.29 is 9.18 Å². The third kappa shape index (κ3) is 4.02. The number of hydrogen-bond donors (Lipinski definition) is 1. The average Bonchev–Trinajstić information content (AvgIpc) is 3.26. The first-order valence-electron chi connectivity index (χ1n) is 9.67. The second-order valence-corrected chi connectivity index (χ2v) is 8.29. The molecule has 2 heterocycles. The molecule has 3 aromatic carbocycles. The minimum Gasteiger partial charge on any atom is -0.323 e. The number of anilines is 1. The van der Waals surface area contributed by atoms with Gasteiger partial charge in [0.15, 0.2) is 16.6 Å². The van der Waals surface area contributed by atoms with E-state index in [1.54, 1.807) is 4.52 Å². The number of hydrogen-bond acceptors (Lipinski definition) is 5. The normalized spacial score (nSPS) is 11.2. The van der Waals surface area contributed by atoms with Crippen LogP contribution in [0.1, 0.15) is 0 Å². The fraction of sp³-hybridized carbons (Fsp3) is 0.0435. The number of benzene rings is 3. The first-order chi connectivity index (χ1) is 15.6. The fourth-order valence-corrected chi connectivity index (χ4v) is 4.14. The first kappa shape index (κ1) is 20.4. The maximum Gasteiger partial charge on any atom is 0.234 e. The van der Waals surface area contributed by atoms with Gasteiger partial charge in [0.2, 0.25) is 5.91 Å². The van der Waals surface area contributed by atoms with E-state index in [1.807, 2.05) is 54.6 Å². The van der Waals surface area contributed by atoms with Crippen molar-refractivity contribution >= 4 is 51.5 Å². The number of nitrogens with one attached hydrogen (secondary N) is 1. The van der Waals surface area contributed by atoms with Crippen LogP contribution in [0.2, 0.25) is 5.02 Å². The van der Waals surface area contributed by atoms with Crippen molar-refractivity contribution in [3.63, 3.8) is 0 Å². The zero-order chi connectivity index (χ0) is 22.1. The van der Waals surface area contributed by atoms with Gasteiger partial charge in [-0.15, -0.1) is 5.10 Å². The van der Waals surface area contributed by atoms with E-state index in [1.165, 1.54) is 23.9 Å². The lowest BCUT2D eigenvalue weighted by Gasteiger charge is -2.08. The van der Waals surface area contributed by atoms with E-state index in [0.717, 1.165) is 22.5 Å². The highest BCUT2D eigenvalue weighted by Gasteiger charge is 2.16. The minimum atomic E-state index is -0.592. The molecule has 0 atom stereocenters. The van der Waals surface area contributed by atoms with Crippen molar-refractivity contribution in [3.8, 4) is 11.4 Å². The minimum absolute atomic E-state index is 0.0169. The number of fused-ring (bicyclic) bond motifs is 3. The second kappa shape index (κ2) is 8.57. The molecule has 1 amide bonds. The molecule has 6 nitrogen and oxygen atoms in total. The lowest BCUT2D eigenvalue weighted by molar-refractivity contribution is -0.113. The lowest BCUT2D eigenvalue weighted by Crippen LogP contribution is -2.15. The van der Waals surface area contributed by atoms with E-state index in [4.69, 9.17) is 16.6 Å². The van der Waals surface area contributed by atoms with E-state index < -0.39 is 5.82 Å². The molecule has 32 heavy (non-hydrogen) atoms. The molecule has 9 heteroatoms. The van der Waals surface area contributed by atoms with E-state index in [0.29, 0.717) is 16.6 Å². The van der Waals surface area contributed by atoms with Crippen LogP contribution in [0.4, 0.5) is 10.1 Å². The zero-order valence-electron chi connectivity index (χ0n) is 16.5. The molecule has 5 rings (SSSR count). The van der Waals surface area contributed by atoms with Crippen LogP contribution in [0, 0.1) is 5.82 Å². The quantitative estimate of drug-likeness (QED) is 0.276. The van der Waals surface area contributed by atoms with Gasteiger partial charge in [0.25, 0.3) is 0 Å². The highest BCUT2D eigenvalue weighted by molar-refractivity contribution is 7.99. The summed E-state index contributed by atoms with van der Waals surface area (Å²) in [5.74, 6) is -0.380. The number of carbonyl (C=O) groups is 1. The Morgan fingerprint density at radius 2 is 1.81 bits per heavy atom. The highest BCUT2D eigenvalue weighted by atomic mass is 35.5. The second-order valence-electron chi connectivity index (χ2n) is 6.91. The van der Waals surface area contributed by atoms with E-state index in [2.05, 4.69) is 15.4 Å². The standard InChI is InChI=1S/C23H15ClFN5OS/c24-15-10-11-19(17(25)12-15)26-20(31)13-32-23-27-18-9-5-4-8-16(18)22-28-21(29-30(22)23)14-6-2-1-3-7-14/h1-12H,13H2,(H,26,31). The fourth-order valence-electron chi connectivity index (χ4n) is 3.24. The molecule has 1 N–H and O–H groups in total. The molecule has 0 saturated heterocycles. The van der Waals surface area contributed by atoms with Crippen molar-refractivity contribution in [3.05, 3.63) is 83.6 Å². The summed E-state index contributed by atoms with van der Waals surface area (Å²) in [4.78, 5) is 21.8. The number of amides is 1. The number of halogens is 2. The van der Waals surface area contributed by atoms with Crippen LogP contribution in [0.25, 0.3) is 27.9 Å². The van der Waals surface area contributed by atoms with Gasteiger partial charge >= 0.3 is 0 Å². The van der Waals surface area contributed by atoms with Crippen molar-refractivity contribution in [2.24, 2.45) is 0 Å². The Balaban J connectivity index is 1.47. The highest BCUT2D eigenvalue weighted by Crippen LogP contribution is 2.27. The Labute approximate surface area is 191 Å². The van der Waals surface area contributed by atoms with E-state index in [9.17, 15) is 9.18 Å². The lowest BCUT2D eigenvalue weighted by atomic mass is 10.2. The molecule has 0 fully saturated rings. The van der Waals surface area contributed by atoms with Gasteiger partial charge in [-0.3, -0.25) is 4.79 Å². The van der Waals surface area contributed by atoms with Crippen LogP contribution < -0.4 is 5.32 Å². The van der Waals surface area contributed by atoms with Crippen LogP contribution in [0.3, 0.4) is 0 Å². The Morgan fingerprint density at radius 3 is 2.62 bits per heavy atom. The maximum atomic E-state index is 14.0. The summed E-state index contributed by atoms with van der Waals surface area (Å²) in [6.45, 7) is 0. The molecule has 0 aliphatic carbocycles. The number of para-hydroxylation sites is 1.